The predicted molar refractivity (Wildman–Crippen MR) is 123 cm³/mol. The van der Waals surface area contributed by atoms with Crippen LogP contribution in [0.15, 0.2) is 42.5 Å². The first-order valence-corrected chi connectivity index (χ1v) is 11.2. The molecular formula is C25H29N3O4. The number of hydrogen-bond acceptors (Lipinski definition) is 4. The molecule has 2 aliphatic rings. The summed E-state index contributed by atoms with van der Waals surface area (Å²) in [4.78, 5) is 41.0. The number of carbonyl (C=O) groups is 3. The van der Waals surface area contributed by atoms with Crippen LogP contribution < -0.4 is 15.0 Å². The second kappa shape index (κ2) is 9.85. The highest BCUT2D eigenvalue weighted by Gasteiger charge is 2.29. The molecule has 0 atom stereocenters. The van der Waals surface area contributed by atoms with Gasteiger partial charge < -0.3 is 15.0 Å². The fraction of sp³-hybridized carbons (Fsp3) is 0.400. The molecule has 2 aromatic rings. The summed E-state index contributed by atoms with van der Waals surface area (Å²) in [6.07, 6.45) is 4.13. The van der Waals surface area contributed by atoms with Gasteiger partial charge in [0, 0.05) is 25.2 Å². The van der Waals surface area contributed by atoms with E-state index in [0.717, 1.165) is 37.9 Å². The first kappa shape index (κ1) is 21.9. The topological polar surface area (TPSA) is 79.0 Å². The third kappa shape index (κ3) is 5.28. The smallest absolute Gasteiger partial charge is 0.265 e. The number of nitrogens with one attached hydrogen (secondary N) is 1. The minimum Gasteiger partial charge on any atom is -0.482 e. The zero-order valence-corrected chi connectivity index (χ0v) is 18.4. The molecule has 7 nitrogen and oxygen atoms in total. The number of likely N-dealkylation sites (tertiary alicyclic amines) is 1. The summed E-state index contributed by atoms with van der Waals surface area (Å²) in [6.45, 7) is 3.40. The zero-order valence-electron chi connectivity index (χ0n) is 18.4. The summed E-state index contributed by atoms with van der Waals surface area (Å²) >= 11 is 0. The van der Waals surface area contributed by atoms with Gasteiger partial charge in [-0.2, -0.15) is 0 Å². The number of rotatable bonds is 6. The molecule has 1 saturated heterocycles. The number of nitrogens with zero attached hydrogens (tertiary/aromatic N) is 2. The molecule has 0 aromatic heterocycles. The Bertz CT molecular complexity index is 997. The zero-order chi connectivity index (χ0) is 22.5. The Morgan fingerprint density at radius 3 is 2.53 bits per heavy atom. The maximum Gasteiger partial charge on any atom is 0.265 e. The minimum atomic E-state index is -0.259. The number of anilines is 2. The second-order valence-electron chi connectivity index (χ2n) is 8.43. The number of benzene rings is 2. The average Bonchev–Trinajstić information content (AvgIpc) is 2.81. The van der Waals surface area contributed by atoms with Crippen molar-refractivity contribution < 1.29 is 19.1 Å². The van der Waals surface area contributed by atoms with Gasteiger partial charge in [-0.1, -0.05) is 29.8 Å². The molecule has 0 bridgehead atoms. The van der Waals surface area contributed by atoms with Crippen LogP contribution in [0.2, 0.25) is 0 Å². The van der Waals surface area contributed by atoms with E-state index >= 15 is 0 Å². The SMILES string of the molecule is Cc1ccc(CCC(=O)Nc2ccc3c(c2)N(CC(=O)N2CCCCC2)C(=O)CO3)cc1. The summed E-state index contributed by atoms with van der Waals surface area (Å²) in [6, 6.07) is 13.3. The molecule has 3 amide bonds. The van der Waals surface area contributed by atoms with Crippen LogP contribution in [0.5, 0.6) is 5.75 Å². The van der Waals surface area contributed by atoms with E-state index in [4.69, 9.17) is 4.74 Å². The summed E-state index contributed by atoms with van der Waals surface area (Å²) in [7, 11) is 0. The number of ether oxygens (including phenoxy) is 1. The average molecular weight is 436 g/mol. The van der Waals surface area contributed by atoms with E-state index < -0.39 is 0 Å². The molecule has 2 aliphatic heterocycles. The Morgan fingerprint density at radius 1 is 1.03 bits per heavy atom. The van der Waals surface area contributed by atoms with Gasteiger partial charge >= 0.3 is 0 Å². The van der Waals surface area contributed by atoms with Crippen LogP contribution in [0.25, 0.3) is 0 Å². The van der Waals surface area contributed by atoms with Crippen molar-refractivity contribution in [3.8, 4) is 5.75 Å². The second-order valence-corrected chi connectivity index (χ2v) is 8.43. The molecule has 4 rings (SSSR count). The predicted octanol–water partition coefficient (Wildman–Crippen LogP) is 3.30. The monoisotopic (exact) mass is 435 g/mol. The van der Waals surface area contributed by atoms with Crippen molar-refractivity contribution in [2.75, 3.05) is 36.5 Å². The third-order valence-corrected chi connectivity index (χ3v) is 5.95. The van der Waals surface area contributed by atoms with E-state index in [1.54, 1.807) is 18.2 Å². The lowest BCUT2D eigenvalue weighted by Crippen LogP contribution is -2.47. The Labute approximate surface area is 188 Å². The van der Waals surface area contributed by atoms with E-state index in [-0.39, 0.29) is 30.9 Å². The van der Waals surface area contributed by atoms with Crippen molar-refractivity contribution in [3.63, 3.8) is 0 Å². The minimum absolute atomic E-state index is 0.0139. The molecule has 32 heavy (non-hydrogen) atoms. The Kier molecular flexibility index (Phi) is 6.73. The van der Waals surface area contributed by atoms with Crippen LogP contribution in [-0.2, 0) is 20.8 Å². The highest BCUT2D eigenvalue weighted by atomic mass is 16.5. The van der Waals surface area contributed by atoms with Gasteiger partial charge in [-0.05, 0) is 56.4 Å². The lowest BCUT2D eigenvalue weighted by molar-refractivity contribution is -0.132. The lowest BCUT2D eigenvalue weighted by Gasteiger charge is -2.33. The van der Waals surface area contributed by atoms with E-state index in [2.05, 4.69) is 5.32 Å². The largest absolute Gasteiger partial charge is 0.482 e. The molecule has 0 unspecified atom stereocenters. The Balaban J connectivity index is 1.42. The van der Waals surface area contributed by atoms with Crippen molar-refractivity contribution in [1.82, 2.24) is 4.90 Å². The number of piperidine rings is 1. The van der Waals surface area contributed by atoms with Crippen molar-refractivity contribution in [1.29, 1.82) is 0 Å². The Hall–Kier alpha value is -3.35. The molecule has 1 fully saturated rings. The number of hydrogen-bond donors (Lipinski definition) is 1. The van der Waals surface area contributed by atoms with Crippen LogP contribution >= 0.6 is 0 Å². The quantitative estimate of drug-likeness (QED) is 0.755. The summed E-state index contributed by atoms with van der Waals surface area (Å²) in [5.74, 6) is 0.113. The summed E-state index contributed by atoms with van der Waals surface area (Å²) < 4.78 is 5.54. The van der Waals surface area contributed by atoms with E-state index in [1.165, 1.54) is 10.5 Å². The van der Waals surface area contributed by atoms with E-state index in [9.17, 15) is 14.4 Å². The van der Waals surface area contributed by atoms with E-state index in [1.807, 2.05) is 36.1 Å². The normalized spacial score (nSPS) is 15.7. The van der Waals surface area contributed by atoms with Crippen LogP contribution in [0.4, 0.5) is 11.4 Å². The van der Waals surface area contributed by atoms with Gasteiger partial charge in [-0.25, -0.2) is 0 Å². The molecule has 2 aromatic carbocycles. The van der Waals surface area contributed by atoms with Gasteiger partial charge in [0.1, 0.15) is 12.3 Å². The van der Waals surface area contributed by atoms with Crippen molar-refractivity contribution in [2.45, 2.75) is 39.0 Å². The fourth-order valence-corrected chi connectivity index (χ4v) is 4.07. The molecular weight excluding hydrogens is 406 g/mol. The van der Waals surface area contributed by atoms with Gasteiger partial charge in [0.05, 0.1) is 5.69 Å². The molecule has 7 heteroatoms. The molecule has 168 valence electrons. The number of fused-ring (bicyclic) bond motifs is 1. The first-order chi connectivity index (χ1) is 15.5. The van der Waals surface area contributed by atoms with Gasteiger partial charge in [-0.3, -0.25) is 19.3 Å². The van der Waals surface area contributed by atoms with Crippen molar-refractivity contribution >= 4 is 29.1 Å². The van der Waals surface area contributed by atoms with Gasteiger partial charge in [-0.15, -0.1) is 0 Å². The highest BCUT2D eigenvalue weighted by molar-refractivity contribution is 6.03. The van der Waals surface area contributed by atoms with Crippen LogP contribution in [-0.4, -0.2) is 48.9 Å². The molecule has 1 N–H and O–H groups in total. The van der Waals surface area contributed by atoms with Gasteiger partial charge in [0.2, 0.25) is 11.8 Å². The van der Waals surface area contributed by atoms with Crippen LogP contribution in [0.1, 0.15) is 36.8 Å². The van der Waals surface area contributed by atoms with Gasteiger partial charge in [0.25, 0.3) is 5.91 Å². The first-order valence-electron chi connectivity index (χ1n) is 11.2. The lowest BCUT2D eigenvalue weighted by atomic mass is 10.1. The number of carbonyl (C=O) groups excluding carboxylic acids is 3. The molecule has 0 spiro atoms. The van der Waals surface area contributed by atoms with Crippen molar-refractivity contribution in [2.24, 2.45) is 0 Å². The Morgan fingerprint density at radius 2 is 1.78 bits per heavy atom. The fourth-order valence-electron chi connectivity index (χ4n) is 4.07. The van der Waals surface area contributed by atoms with Crippen molar-refractivity contribution in [3.05, 3.63) is 53.6 Å². The molecule has 2 heterocycles. The van der Waals surface area contributed by atoms with Gasteiger partial charge in [0.15, 0.2) is 6.61 Å². The standard InChI is InChI=1S/C25H29N3O4/c1-18-5-7-19(8-6-18)9-12-23(29)26-20-10-11-22-21(15-20)28(25(31)17-32-22)16-24(30)27-13-3-2-4-14-27/h5-8,10-11,15H,2-4,9,12-14,16-17H2,1H3,(H,26,29). The number of aryl methyl sites for hydroxylation is 2. The molecule has 0 saturated carbocycles. The maximum atomic E-state index is 12.7. The summed E-state index contributed by atoms with van der Waals surface area (Å²) in [5.41, 5.74) is 3.39. The molecule has 0 aliphatic carbocycles. The highest BCUT2D eigenvalue weighted by Crippen LogP contribution is 2.34. The molecule has 0 radical (unpaired) electrons. The maximum absolute atomic E-state index is 12.7. The number of amides is 3. The van der Waals surface area contributed by atoms with Crippen LogP contribution in [0.3, 0.4) is 0 Å². The third-order valence-electron chi connectivity index (χ3n) is 5.95. The van der Waals surface area contributed by atoms with E-state index in [0.29, 0.717) is 30.0 Å². The van der Waals surface area contributed by atoms with Crippen LogP contribution in [0, 0.1) is 6.92 Å². The summed E-state index contributed by atoms with van der Waals surface area (Å²) in [5, 5.41) is 2.90.